The maximum absolute atomic E-state index is 14.2. The summed E-state index contributed by atoms with van der Waals surface area (Å²) < 4.78 is 0. The summed E-state index contributed by atoms with van der Waals surface area (Å²) in [4.78, 5) is 28.1. The first-order valence-electron chi connectivity index (χ1n) is 12.4. The van der Waals surface area contributed by atoms with Crippen LogP contribution >= 0.6 is 15.9 Å². The van der Waals surface area contributed by atoms with Crippen LogP contribution in [0.25, 0.3) is 0 Å². The number of halogens is 1. The lowest BCUT2D eigenvalue weighted by Crippen LogP contribution is -2.43. The molecule has 0 aliphatic heterocycles. The van der Waals surface area contributed by atoms with Crippen molar-refractivity contribution in [1.29, 1.82) is 0 Å². The van der Waals surface area contributed by atoms with Gasteiger partial charge in [0.25, 0.3) is 0 Å². The summed E-state index contributed by atoms with van der Waals surface area (Å²) in [6.45, 7) is 4.19. The van der Waals surface area contributed by atoms with Crippen molar-refractivity contribution in [3.63, 3.8) is 0 Å². The molecule has 0 saturated heterocycles. The molecule has 0 fully saturated rings. The molecule has 4 unspecified atom stereocenters. The lowest BCUT2D eigenvalue weighted by molar-refractivity contribution is 0.0562. The summed E-state index contributed by atoms with van der Waals surface area (Å²) in [6, 6.07) is 37.7. The summed E-state index contributed by atoms with van der Waals surface area (Å²) >= 11 is 3.93. The van der Waals surface area contributed by atoms with Gasteiger partial charge >= 0.3 is 0 Å². The normalized spacial score (nSPS) is 18.9. The van der Waals surface area contributed by atoms with Crippen LogP contribution in [0.1, 0.15) is 62.0 Å². The maximum Gasteiger partial charge on any atom is 0.167 e. The highest BCUT2D eigenvalue weighted by Crippen LogP contribution is 2.56. The molecule has 180 valence electrons. The minimum Gasteiger partial charge on any atom is -0.294 e. The molecule has 0 aromatic heterocycles. The zero-order valence-electron chi connectivity index (χ0n) is 20.5. The van der Waals surface area contributed by atoms with Crippen molar-refractivity contribution in [1.82, 2.24) is 0 Å². The minimum atomic E-state index is -0.673. The fourth-order valence-electron chi connectivity index (χ4n) is 5.94. The van der Waals surface area contributed by atoms with Crippen molar-refractivity contribution in [2.45, 2.75) is 24.6 Å². The van der Waals surface area contributed by atoms with Gasteiger partial charge in [0, 0.05) is 28.9 Å². The van der Waals surface area contributed by atoms with E-state index in [2.05, 4.69) is 48.0 Å². The van der Waals surface area contributed by atoms with Crippen LogP contribution < -0.4 is 0 Å². The summed E-state index contributed by atoms with van der Waals surface area (Å²) in [5.41, 5.74) is 3.93. The largest absolute Gasteiger partial charge is 0.294 e. The van der Waals surface area contributed by atoms with Gasteiger partial charge in [-0.1, -0.05) is 145 Å². The number of carbonyl (C=O) groups is 2. The molecule has 3 heteroatoms. The molecule has 0 amide bonds. The summed E-state index contributed by atoms with van der Waals surface area (Å²) in [6.07, 6.45) is 0. The van der Waals surface area contributed by atoms with Gasteiger partial charge in [-0.2, -0.15) is 0 Å². The van der Waals surface area contributed by atoms with Crippen LogP contribution in [0.15, 0.2) is 115 Å². The molecule has 4 atom stereocenters. The third-order valence-corrected chi connectivity index (χ3v) is 8.75. The Morgan fingerprint density at radius 2 is 1.28 bits per heavy atom. The molecule has 36 heavy (non-hydrogen) atoms. The Kier molecular flexibility index (Phi) is 6.77. The maximum atomic E-state index is 14.2. The van der Waals surface area contributed by atoms with E-state index in [4.69, 9.17) is 0 Å². The van der Waals surface area contributed by atoms with Crippen molar-refractivity contribution in [2.24, 2.45) is 17.3 Å². The molecule has 0 radical (unpaired) electrons. The van der Waals surface area contributed by atoms with Gasteiger partial charge in [-0.05, 0) is 22.1 Å². The Bertz CT molecular complexity index is 1360. The Hall–Kier alpha value is -3.30. The van der Waals surface area contributed by atoms with Crippen molar-refractivity contribution >= 4 is 27.5 Å². The third kappa shape index (κ3) is 4.26. The standard InChI is InChI=1S/C33H29BrO2/c1-33(2,28-27(22-14-6-3-7-15-22)25-20-12-13-21-26(25)32(28)36)29(30(34)23-16-8-4-9-17-23)31(35)24-18-10-5-11-19-24/h3-21,27-30H,1-2H3. The number of Topliss-reactive ketones (excluding diaryl/α,β-unsaturated/α-hetero) is 2. The molecule has 1 aliphatic carbocycles. The van der Waals surface area contributed by atoms with Gasteiger partial charge in [0.2, 0.25) is 0 Å². The van der Waals surface area contributed by atoms with Crippen molar-refractivity contribution in [3.05, 3.63) is 143 Å². The molecule has 0 spiro atoms. The number of benzene rings is 4. The molecule has 0 bridgehead atoms. The Labute approximate surface area is 221 Å². The third-order valence-electron chi connectivity index (χ3n) is 7.69. The van der Waals surface area contributed by atoms with E-state index < -0.39 is 17.3 Å². The molecule has 5 rings (SSSR count). The number of fused-ring (bicyclic) bond motifs is 1. The van der Waals surface area contributed by atoms with Gasteiger partial charge in [0.05, 0.1) is 4.83 Å². The summed E-state index contributed by atoms with van der Waals surface area (Å²) in [5, 5.41) is 0. The van der Waals surface area contributed by atoms with Crippen LogP contribution in [-0.4, -0.2) is 11.6 Å². The van der Waals surface area contributed by atoms with Crippen LogP contribution in [0.5, 0.6) is 0 Å². The monoisotopic (exact) mass is 536 g/mol. The van der Waals surface area contributed by atoms with E-state index in [-0.39, 0.29) is 22.3 Å². The van der Waals surface area contributed by atoms with Crippen LogP contribution in [-0.2, 0) is 0 Å². The van der Waals surface area contributed by atoms with Crippen molar-refractivity contribution in [2.75, 3.05) is 0 Å². The average Bonchev–Trinajstić information content (AvgIpc) is 3.23. The molecule has 4 aromatic carbocycles. The predicted molar refractivity (Wildman–Crippen MR) is 149 cm³/mol. The van der Waals surface area contributed by atoms with E-state index >= 15 is 0 Å². The zero-order chi connectivity index (χ0) is 25.3. The predicted octanol–water partition coefficient (Wildman–Crippen LogP) is 8.29. The van der Waals surface area contributed by atoms with Gasteiger partial charge in [0.15, 0.2) is 11.6 Å². The summed E-state index contributed by atoms with van der Waals surface area (Å²) in [5.74, 6) is -0.827. The van der Waals surface area contributed by atoms with Crippen molar-refractivity contribution in [3.8, 4) is 0 Å². The number of hydrogen-bond acceptors (Lipinski definition) is 2. The van der Waals surface area contributed by atoms with Gasteiger partial charge in [-0.15, -0.1) is 0 Å². The Morgan fingerprint density at radius 3 is 1.92 bits per heavy atom. The number of alkyl halides is 1. The van der Waals surface area contributed by atoms with E-state index in [9.17, 15) is 9.59 Å². The second-order valence-electron chi connectivity index (χ2n) is 10.2. The number of rotatable bonds is 7. The number of hydrogen-bond donors (Lipinski definition) is 0. The van der Waals surface area contributed by atoms with Crippen molar-refractivity contribution < 1.29 is 9.59 Å². The van der Waals surface area contributed by atoms with E-state index in [1.165, 1.54) is 0 Å². The second kappa shape index (κ2) is 9.99. The minimum absolute atomic E-state index is 0.0434. The van der Waals surface area contributed by atoms with Gasteiger partial charge < -0.3 is 0 Å². The van der Waals surface area contributed by atoms with Crippen LogP contribution in [0.2, 0.25) is 0 Å². The van der Waals surface area contributed by atoms with E-state index in [0.717, 1.165) is 22.3 Å². The zero-order valence-corrected chi connectivity index (χ0v) is 22.1. The second-order valence-corrected chi connectivity index (χ2v) is 11.1. The van der Waals surface area contributed by atoms with E-state index in [1.807, 2.05) is 97.1 Å². The van der Waals surface area contributed by atoms with E-state index in [0.29, 0.717) is 5.56 Å². The fourth-order valence-corrected chi connectivity index (χ4v) is 7.17. The molecule has 1 aliphatic rings. The van der Waals surface area contributed by atoms with Gasteiger partial charge in [0.1, 0.15) is 0 Å². The smallest absolute Gasteiger partial charge is 0.167 e. The molecule has 0 heterocycles. The molecular formula is C33H29BrO2. The molecule has 2 nitrogen and oxygen atoms in total. The van der Waals surface area contributed by atoms with Crippen LogP contribution in [0, 0.1) is 17.3 Å². The molecule has 4 aromatic rings. The summed E-state index contributed by atoms with van der Waals surface area (Å²) in [7, 11) is 0. The fraction of sp³-hybridized carbons (Fsp3) is 0.212. The SMILES string of the molecule is CC(C)(C(C(=O)c1ccccc1)C(Br)c1ccccc1)C1C(=O)c2ccccc2C1c1ccccc1. The topological polar surface area (TPSA) is 34.1 Å². The number of ketones is 2. The lowest BCUT2D eigenvalue weighted by atomic mass is 9.60. The van der Waals surface area contributed by atoms with Gasteiger partial charge in [-0.25, -0.2) is 0 Å². The first kappa shape index (κ1) is 24.4. The highest BCUT2D eigenvalue weighted by Gasteiger charge is 2.54. The molecule has 0 saturated carbocycles. The highest BCUT2D eigenvalue weighted by molar-refractivity contribution is 9.09. The van der Waals surface area contributed by atoms with E-state index in [1.54, 1.807) is 0 Å². The first-order chi connectivity index (χ1) is 17.4. The Balaban J connectivity index is 1.67. The Morgan fingerprint density at radius 1 is 0.750 bits per heavy atom. The number of carbonyl (C=O) groups excluding carboxylic acids is 2. The van der Waals surface area contributed by atoms with Crippen LogP contribution in [0.4, 0.5) is 0 Å². The molecular weight excluding hydrogens is 508 g/mol. The van der Waals surface area contributed by atoms with Crippen LogP contribution in [0.3, 0.4) is 0 Å². The first-order valence-corrected chi connectivity index (χ1v) is 13.3. The quantitative estimate of drug-likeness (QED) is 0.176. The van der Waals surface area contributed by atoms with Gasteiger partial charge in [-0.3, -0.25) is 9.59 Å². The average molecular weight is 537 g/mol. The molecule has 0 N–H and O–H groups in total. The lowest BCUT2D eigenvalue weighted by Gasteiger charge is -2.43. The highest BCUT2D eigenvalue weighted by atomic mass is 79.9.